The molecule has 0 spiro atoms. The first-order chi connectivity index (χ1) is 10.1. The molecule has 1 aromatic carbocycles. The second-order valence-electron chi connectivity index (χ2n) is 4.75. The number of carbonyl (C=O) groups is 1. The molecular weight excluding hydrogens is 268 g/mol. The number of hydrogen-bond donors (Lipinski definition) is 1. The van der Waals surface area contributed by atoms with E-state index in [0.717, 1.165) is 34.1 Å². The summed E-state index contributed by atoms with van der Waals surface area (Å²) in [6.07, 6.45) is 4.56. The van der Waals surface area contributed by atoms with Crippen LogP contribution in [-0.4, -0.2) is 30.6 Å². The summed E-state index contributed by atoms with van der Waals surface area (Å²) in [6, 6.07) is 7.80. The first-order valence-electron chi connectivity index (χ1n) is 6.45. The van der Waals surface area contributed by atoms with Crippen LogP contribution in [0.25, 0.3) is 22.8 Å². The zero-order valence-corrected chi connectivity index (χ0v) is 11.7. The summed E-state index contributed by atoms with van der Waals surface area (Å²) in [5, 5.41) is 18.7. The maximum absolute atomic E-state index is 10.7. The van der Waals surface area contributed by atoms with Crippen molar-refractivity contribution < 1.29 is 9.90 Å². The molecule has 0 saturated carbocycles. The van der Waals surface area contributed by atoms with Crippen molar-refractivity contribution in [3.05, 3.63) is 47.8 Å². The molecule has 0 radical (unpaired) electrons. The Kier molecular flexibility index (Phi) is 3.06. The molecule has 1 N–H and O–H groups in total. The summed E-state index contributed by atoms with van der Waals surface area (Å²) in [7, 11) is 1.81. The molecular formula is C15H14N4O2. The van der Waals surface area contributed by atoms with Crippen molar-refractivity contribution >= 4 is 22.9 Å². The van der Waals surface area contributed by atoms with Gasteiger partial charge < -0.3 is 5.11 Å². The van der Waals surface area contributed by atoms with Crippen LogP contribution < -0.4 is 0 Å². The van der Waals surface area contributed by atoms with E-state index in [2.05, 4.69) is 10.2 Å². The molecule has 0 fully saturated rings. The number of carboxylic acid groups (broad SMARTS) is 1. The van der Waals surface area contributed by atoms with Crippen molar-refractivity contribution in [2.24, 2.45) is 7.05 Å². The minimum absolute atomic E-state index is 0.737. The van der Waals surface area contributed by atoms with Crippen molar-refractivity contribution in [3.8, 4) is 5.82 Å². The highest BCUT2D eigenvalue weighted by molar-refractivity contribution is 5.86. The van der Waals surface area contributed by atoms with Gasteiger partial charge in [0, 0.05) is 30.3 Å². The molecule has 3 rings (SSSR count). The van der Waals surface area contributed by atoms with Gasteiger partial charge in [0.25, 0.3) is 0 Å². The summed E-state index contributed by atoms with van der Waals surface area (Å²) in [6.45, 7) is 1.84. The third-order valence-electron chi connectivity index (χ3n) is 3.26. The van der Waals surface area contributed by atoms with Crippen molar-refractivity contribution in [2.45, 2.75) is 6.92 Å². The SMILES string of the molecule is Cc1nn(C)c(-n2cc3ccccc3n2)c1C=CC(=O)O. The van der Waals surface area contributed by atoms with Crippen LogP contribution in [0, 0.1) is 6.92 Å². The van der Waals surface area contributed by atoms with Crippen LogP contribution in [0.15, 0.2) is 36.5 Å². The highest BCUT2D eigenvalue weighted by Gasteiger charge is 2.14. The molecule has 3 aromatic rings. The van der Waals surface area contributed by atoms with Crippen LogP contribution in [0.2, 0.25) is 0 Å². The molecule has 0 aliphatic heterocycles. The lowest BCUT2D eigenvalue weighted by Gasteiger charge is -2.03. The summed E-state index contributed by atoms with van der Waals surface area (Å²) in [5.74, 6) is -0.254. The van der Waals surface area contributed by atoms with E-state index in [1.165, 1.54) is 0 Å². The Morgan fingerprint density at radius 3 is 2.76 bits per heavy atom. The van der Waals surface area contributed by atoms with E-state index in [-0.39, 0.29) is 0 Å². The Bertz CT molecular complexity index is 825. The minimum atomic E-state index is -0.991. The van der Waals surface area contributed by atoms with Gasteiger partial charge in [0.1, 0.15) is 0 Å². The lowest BCUT2D eigenvalue weighted by atomic mass is 10.2. The highest BCUT2D eigenvalue weighted by Crippen LogP contribution is 2.21. The number of aryl methyl sites for hydroxylation is 2. The third-order valence-corrected chi connectivity index (χ3v) is 3.26. The molecule has 0 unspecified atom stereocenters. The van der Waals surface area contributed by atoms with Crippen molar-refractivity contribution in [2.75, 3.05) is 0 Å². The zero-order chi connectivity index (χ0) is 15.0. The highest BCUT2D eigenvalue weighted by atomic mass is 16.4. The predicted molar refractivity (Wildman–Crippen MR) is 79.2 cm³/mol. The lowest BCUT2D eigenvalue weighted by molar-refractivity contribution is -0.131. The zero-order valence-electron chi connectivity index (χ0n) is 11.7. The predicted octanol–water partition coefficient (Wildman–Crippen LogP) is 2.17. The van der Waals surface area contributed by atoms with E-state index in [4.69, 9.17) is 5.11 Å². The Labute approximate surface area is 120 Å². The monoisotopic (exact) mass is 282 g/mol. The van der Waals surface area contributed by atoms with Crippen LogP contribution in [0.1, 0.15) is 11.3 Å². The molecule has 6 nitrogen and oxygen atoms in total. The van der Waals surface area contributed by atoms with E-state index in [9.17, 15) is 4.79 Å². The van der Waals surface area contributed by atoms with Crippen LogP contribution in [0.4, 0.5) is 0 Å². The minimum Gasteiger partial charge on any atom is -0.478 e. The Morgan fingerprint density at radius 2 is 2.05 bits per heavy atom. The maximum atomic E-state index is 10.7. The largest absolute Gasteiger partial charge is 0.478 e. The average molecular weight is 282 g/mol. The van der Waals surface area contributed by atoms with Gasteiger partial charge in [-0.25, -0.2) is 9.48 Å². The molecule has 21 heavy (non-hydrogen) atoms. The standard InChI is InChI=1S/C15H14N4O2/c1-10-12(7-8-14(20)21)15(18(2)16-10)19-9-11-5-3-4-6-13(11)17-19/h3-9H,1-2H3,(H,20,21). The van der Waals surface area contributed by atoms with Crippen molar-refractivity contribution in [3.63, 3.8) is 0 Å². The quantitative estimate of drug-likeness (QED) is 0.747. The van der Waals surface area contributed by atoms with Crippen molar-refractivity contribution in [1.29, 1.82) is 0 Å². The van der Waals surface area contributed by atoms with Gasteiger partial charge in [0.05, 0.1) is 11.2 Å². The van der Waals surface area contributed by atoms with Gasteiger partial charge in [-0.3, -0.25) is 4.68 Å². The molecule has 2 aromatic heterocycles. The lowest BCUT2D eigenvalue weighted by Crippen LogP contribution is -2.04. The molecule has 0 aliphatic carbocycles. The first kappa shape index (κ1) is 13.1. The second kappa shape index (κ2) is 4.90. The molecule has 0 aliphatic rings. The van der Waals surface area contributed by atoms with Gasteiger partial charge in [-0.1, -0.05) is 18.2 Å². The molecule has 0 bridgehead atoms. The summed E-state index contributed by atoms with van der Waals surface area (Å²) >= 11 is 0. The van der Waals surface area contributed by atoms with Gasteiger partial charge >= 0.3 is 5.97 Å². The number of aromatic nitrogens is 4. The first-order valence-corrected chi connectivity index (χ1v) is 6.45. The fourth-order valence-electron chi connectivity index (χ4n) is 2.36. The maximum Gasteiger partial charge on any atom is 0.328 e. The normalized spacial score (nSPS) is 11.5. The third kappa shape index (κ3) is 2.31. The molecule has 2 heterocycles. The summed E-state index contributed by atoms with van der Waals surface area (Å²) in [4.78, 5) is 10.7. The van der Waals surface area contributed by atoms with E-state index in [1.807, 2.05) is 44.4 Å². The number of rotatable bonds is 3. The smallest absolute Gasteiger partial charge is 0.328 e. The molecule has 106 valence electrons. The summed E-state index contributed by atoms with van der Waals surface area (Å²) < 4.78 is 3.43. The Morgan fingerprint density at radius 1 is 1.29 bits per heavy atom. The fourth-order valence-corrected chi connectivity index (χ4v) is 2.36. The number of aliphatic carboxylic acids is 1. The second-order valence-corrected chi connectivity index (χ2v) is 4.75. The van der Waals surface area contributed by atoms with Gasteiger partial charge in [0.15, 0.2) is 5.82 Å². The van der Waals surface area contributed by atoms with Crippen LogP contribution in [0.5, 0.6) is 0 Å². The van der Waals surface area contributed by atoms with Crippen molar-refractivity contribution in [1.82, 2.24) is 19.6 Å². The van der Waals surface area contributed by atoms with Crippen LogP contribution in [-0.2, 0) is 11.8 Å². The van der Waals surface area contributed by atoms with E-state index < -0.39 is 5.97 Å². The topological polar surface area (TPSA) is 72.9 Å². The molecule has 0 amide bonds. The Hall–Kier alpha value is -2.89. The van der Waals surface area contributed by atoms with Gasteiger partial charge in [-0.15, -0.1) is 0 Å². The Balaban J connectivity index is 2.19. The van der Waals surface area contributed by atoms with E-state index >= 15 is 0 Å². The van der Waals surface area contributed by atoms with Crippen LogP contribution >= 0.6 is 0 Å². The number of fused-ring (bicyclic) bond motifs is 1. The molecule has 6 heteroatoms. The van der Waals surface area contributed by atoms with Crippen LogP contribution in [0.3, 0.4) is 0 Å². The van der Waals surface area contributed by atoms with E-state index in [1.54, 1.807) is 15.4 Å². The van der Waals surface area contributed by atoms with Gasteiger partial charge in [-0.05, 0) is 19.1 Å². The fraction of sp³-hybridized carbons (Fsp3) is 0.133. The summed E-state index contributed by atoms with van der Waals surface area (Å²) in [5.41, 5.74) is 2.38. The molecule has 0 saturated heterocycles. The number of carboxylic acids is 1. The number of hydrogen-bond acceptors (Lipinski definition) is 3. The number of benzene rings is 1. The number of nitrogens with zero attached hydrogens (tertiary/aromatic N) is 4. The van der Waals surface area contributed by atoms with Gasteiger partial charge in [0.2, 0.25) is 0 Å². The van der Waals surface area contributed by atoms with E-state index in [0.29, 0.717) is 0 Å². The van der Waals surface area contributed by atoms with Gasteiger partial charge in [-0.2, -0.15) is 10.2 Å². The average Bonchev–Trinajstić information content (AvgIpc) is 2.96. The molecule has 0 atom stereocenters.